The van der Waals surface area contributed by atoms with Crippen molar-refractivity contribution in [2.75, 3.05) is 0 Å². The standard InChI is InChI=1S/C20H19N2S.V/c1-3-22-18-7-4-14(11-21)9-17(18)16-6-5-15(10-19(16)22)20-8-13(2)12-23-20;/h4-10,12,21H,3,11H2,1-2H3;/q-1;. The molecular formula is C20H19N2SV-. The Morgan fingerprint density at radius 1 is 1.00 bits per heavy atom. The van der Waals surface area contributed by atoms with Crippen molar-refractivity contribution < 1.29 is 18.6 Å². The van der Waals surface area contributed by atoms with Gasteiger partial charge in [-0.05, 0) is 48.6 Å². The molecule has 24 heavy (non-hydrogen) atoms. The van der Waals surface area contributed by atoms with Crippen LogP contribution in [0.1, 0.15) is 18.1 Å². The fraction of sp³-hybridized carbons (Fsp3) is 0.200. The Kier molecular flexibility index (Phi) is 4.89. The zero-order valence-corrected chi connectivity index (χ0v) is 16.0. The van der Waals surface area contributed by atoms with E-state index in [1.807, 2.05) is 0 Å². The van der Waals surface area contributed by atoms with E-state index in [1.54, 1.807) is 11.3 Å². The van der Waals surface area contributed by atoms with E-state index in [4.69, 9.17) is 5.73 Å². The second kappa shape index (κ2) is 6.77. The number of benzene rings is 2. The largest absolute Gasteiger partial charge is 0.674 e. The van der Waals surface area contributed by atoms with Gasteiger partial charge in [0.1, 0.15) is 0 Å². The zero-order valence-electron chi connectivity index (χ0n) is 13.8. The summed E-state index contributed by atoms with van der Waals surface area (Å²) in [5.41, 5.74) is 13.9. The van der Waals surface area contributed by atoms with Crippen LogP contribution in [-0.2, 0) is 31.6 Å². The Bertz CT molecular complexity index is 1010. The first-order valence-corrected chi connectivity index (χ1v) is 8.84. The van der Waals surface area contributed by atoms with Crippen LogP contribution in [0, 0.1) is 6.92 Å². The predicted molar refractivity (Wildman–Crippen MR) is 101 cm³/mol. The summed E-state index contributed by atoms with van der Waals surface area (Å²) >= 11 is 1.80. The van der Waals surface area contributed by atoms with Crippen LogP contribution in [0.5, 0.6) is 0 Å². The summed E-state index contributed by atoms with van der Waals surface area (Å²) in [6.45, 7) is 5.62. The number of nitrogens with one attached hydrogen (secondary N) is 1. The van der Waals surface area contributed by atoms with Gasteiger partial charge in [0, 0.05) is 51.8 Å². The fourth-order valence-corrected chi connectivity index (χ4v) is 4.23. The molecule has 0 saturated carbocycles. The maximum atomic E-state index is 7.62. The minimum absolute atomic E-state index is 0. The van der Waals surface area contributed by atoms with Gasteiger partial charge in [-0.2, -0.15) is 0 Å². The van der Waals surface area contributed by atoms with E-state index in [1.165, 1.54) is 37.8 Å². The quantitative estimate of drug-likeness (QED) is 0.399. The van der Waals surface area contributed by atoms with Crippen molar-refractivity contribution in [1.82, 2.24) is 4.57 Å². The van der Waals surface area contributed by atoms with Crippen LogP contribution in [0.25, 0.3) is 38.0 Å². The monoisotopic (exact) mass is 370 g/mol. The average molecular weight is 370 g/mol. The second-order valence-corrected chi connectivity index (χ2v) is 6.90. The molecule has 0 spiro atoms. The van der Waals surface area contributed by atoms with E-state index in [9.17, 15) is 0 Å². The molecule has 2 aromatic carbocycles. The van der Waals surface area contributed by atoms with Crippen molar-refractivity contribution in [3.8, 4) is 10.4 Å². The van der Waals surface area contributed by atoms with Gasteiger partial charge in [0.05, 0.1) is 0 Å². The van der Waals surface area contributed by atoms with Gasteiger partial charge in [-0.1, -0.05) is 29.8 Å². The molecule has 121 valence electrons. The molecule has 0 aliphatic carbocycles. The molecule has 2 aromatic heterocycles. The van der Waals surface area contributed by atoms with Crippen LogP contribution in [-0.4, -0.2) is 4.57 Å². The first-order chi connectivity index (χ1) is 11.2. The molecule has 0 atom stereocenters. The molecule has 0 saturated heterocycles. The molecule has 0 aliphatic heterocycles. The van der Waals surface area contributed by atoms with Gasteiger partial charge in [0.25, 0.3) is 0 Å². The van der Waals surface area contributed by atoms with E-state index in [-0.39, 0.29) is 18.6 Å². The van der Waals surface area contributed by atoms with Crippen molar-refractivity contribution in [3.63, 3.8) is 0 Å². The van der Waals surface area contributed by atoms with Gasteiger partial charge in [0.15, 0.2) is 0 Å². The summed E-state index contributed by atoms with van der Waals surface area (Å²) in [7, 11) is 0. The number of aromatic nitrogens is 1. The summed E-state index contributed by atoms with van der Waals surface area (Å²) < 4.78 is 2.38. The van der Waals surface area contributed by atoms with Gasteiger partial charge in [-0.3, -0.25) is 0 Å². The van der Waals surface area contributed by atoms with Crippen molar-refractivity contribution in [2.45, 2.75) is 26.9 Å². The summed E-state index contributed by atoms with van der Waals surface area (Å²) in [5, 5.41) is 4.75. The Hall–Kier alpha value is -1.52. The Morgan fingerprint density at radius 3 is 2.50 bits per heavy atom. The first kappa shape index (κ1) is 17.3. The molecule has 0 fully saturated rings. The molecule has 2 nitrogen and oxygen atoms in total. The Morgan fingerprint density at radius 2 is 1.83 bits per heavy atom. The maximum absolute atomic E-state index is 7.62. The van der Waals surface area contributed by atoms with Crippen LogP contribution in [0.15, 0.2) is 47.8 Å². The molecule has 0 bridgehead atoms. The molecule has 0 aliphatic rings. The average Bonchev–Trinajstić information content (AvgIpc) is 3.14. The van der Waals surface area contributed by atoms with Crippen LogP contribution in [0.3, 0.4) is 0 Å². The number of hydrogen-bond acceptors (Lipinski definition) is 1. The molecule has 4 aromatic rings. The SMILES string of the molecule is CCn1c2ccc(C[NH-])cc2c2ccc(-c3cc(C)cs3)cc21.[V]. The van der Waals surface area contributed by atoms with E-state index in [2.05, 4.69) is 66.3 Å². The minimum atomic E-state index is 0. The van der Waals surface area contributed by atoms with Gasteiger partial charge in [-0.25, -0.2) is 0 Å². The number of hydrogen-bond donors (Lipinski definition) is 0. The fourth-order valence-electron chi connectivity index (χ4n) is 3.33. The van der Waals surface area contributed by atoms with Gasteiger partial charge in [0.2, 0.25) is 0 Å². The molecule has 4 rings (SSSR count). The smallest absolute Gasteiger partial charge is 0.0497 e. The number of rotatable bonds is 3. The molecule has 1 radical (unpaired) electrons. The second-order valence-electron chi connectivity index (χ2n) is 5.99. The predicted octanol–water partition coefficient (Wildman–Crippen LogP) is 6.40. The van der Waals surface area contributed by atoms with Crippen LogP contribution >= 0.6 is 11.3 Å². The molecule has 0 unspecified atom stereocenters. The summed E-state index contributed by atoms with van der Waals surface area (Å²) in [4.78, 5) is 1.32. The van der Waals surface area contributed by atoms with Gasteiger partial charge >= 0.3 is 0 Å². The third-order valence-electron chi connectivity index (χ3n) is 4.47. The van der Waals surface area contributed by atoms with Crippen molar-refractivity contribution >= 4 is 33.1 Å². The zero-order chi connectivity index (χ0) is 16.0. The van der Waals surface area contributed by atoms with Crippen molar-refractivity contribution in [3.05, 3.63) is 64.7 Å². The maximum Gasteiger partial charge on any atom is 0.0497 e. The summed E-state index contributed by atoms with van der Waals surface area (Å²) in [5.74, 6) is 0. The normalized spacial score (nSPS) is 11.1. The van der Waals surface area contributed by atoms with Crippen LogP contribution in [0.2, 0.25) is 0 Å². The van der Waals surface area contributed by atoms with E-state index in [0.29, 0.717) is 6.54 Å². The number of fused-ring (bicyclic) bond motifs is 3. The molecule has 1 N–H and O–H groups in total. The third kappa shape index (κ3) is 2.72. The Labute approximate surface area is 158 Å². The third-order valence-corrected chi connectivity index (χ3v) is 5.56. The van der Waals surface area contributed by atoms with E-state index < -0.39 is 0 Å². The summed E-state index contributed by atoms with van der Waals surface area (Å²) in [6.07, 6.45) is 0. The van der Waals surface area contributed by atoms with Gasteiger partial charge in [-0.15, -0.1) is 17.9 Å². The Balaban J connectivity index is 0.00000169. The minimum Gasteiger partial charge on any atom is -0.674 e. The van der Waals surface area contributed by atoms with Gasteiger partial charge < -0.3 is 10.3 Å². The summed E-state index contributed by atoms with van der Waals surface area (Å²) in [6, 6.07) is 15.4. The van der Waals surface area contributed by atoms with Crippen LogP contribution in [0.4, 0.5) is 0 Å². The molecular weight excluding hydrogens is 351 g/mol. The molecule has 0 amide bonds. The first-order valence-electron chi connectivity index (χ1n) is 7.96. The number of nitrogens with zero attached hydrogens (tertiary/aromatic N) is 1. The topological polar surface area (TPSA) is 28.7 Å². The van der Waals surface area contributed by atoms with Crippen LogP contribution < -0.4 is 0 Å². The van der Waals surface area contributed by atoms with E-state index >= 15 is 0 Å². The number of aryl methyl sites for hydroxylation is 2. The van der Waals surface area contributed by atoms with Crippen molar-refractivity contribution in [2.24, 2.45) is 0 Å². The van der Waals surface area contributed by atoms with Crippen molar-refractivity contribution in [1.29, 1.82) is 0 Å². The molecule has 4 heteroatoms. The molecule has 2 heterocycles. The van der Waals surface area contributed by atoms with E-state index in [0.717, 1.165) is 12.1 Å². The number of thiophene rings is 1.